The number of aliphatic hydroxyl groups excluding tert-OH is 2. The van der Waals surface area contributed by atoms with Crippen LogP contribution in [0.1, 0.15) is 10.5 Å². The Morgan fingerprint density at radius 1 is 1.03 bits per heavy atom. The van der Waals surface area contributed by atoms with Crippen LogP contribution in [0, 0.1) is 5.82 Å². The number of primary amides is 1. The summed E-state index contributed by atoms with van der Waals surface area (Å²) >= 11 is 0. The molecule has 1 heterocycles. The maximum atomic E-state index is 13.0. The maximum absolute atomic E-state index is 13.0. The topological polar surface area (TPSA) is 118 Å². The van der Waals surface area contributed by atoms with E-state index in [-0.39, 0.29) is 24.7 Å². The largest absolute Gasteiger partial charge is 0.457 e. The Bertz CT molecular complexity index is 974. The number of pyridine rings is 1. The van der Waals surface area contributed by atoms with Crippen LogP contribution in [0.15, 0.2) is 60.7 Å². The molecular weight excluding hydrogens is 377 g/mol. The number of hydrogen-bond donors (Lipinski definition) is 4. The predicted molar refractivity (Wildman–Crippen MR) is 106 cm³/mol. The van der Waals surface area contributed by atoms with Gasteiger partial charge in [-0.15, -0.1) is 0 Å². The second kappa shape index (κ2) is 9.13. The van der Waals surface area contributed by atoms with Crippen LogP contribution in [0.5, 0.6) is 11.5 Å². The van der Waals surface area contributed by atoms with E-state index in [1.807, 2.05) is 0 Å². The standard InChI is InChI=1S/C21H20FN3O4/c22-14-3-7-18(8-4-14)29-17-5-1-13(2-6-17)19-9-15(24-16(11-26)12-27)10-20(25-19)21(23)28/h1-10,16,26-27H,11-12H2,(H2,23,28)(H,24,25). The molecule has 0 aliphatic carbocycles. The lowest BCUT2D eigenvalue weighted by Crippen LogP contribution is -2.28. The maximum Gasteiger partial charge on any atom is 0.267 e. The molecule has 0 aliphatic rings. The molecule has 0 atom stereocenters. The highest BCUT2D eigenvalue weighted by Gasteiger charge is 2.12. The number of aliphatic hydroxyl groups is 2. The Labute approximate surface area is 166 Å². The average molecular weight is 397 g/mol. The summed E-state index contributed by atoms with van der Waals surface area (Å²) < 4.78 is 18.6. The second-order valence-corrected chi connectivity index (χ2v) is 6.28. The first-order valence-electron chi connectivity index (χ1n) is 8.82. The molecule has 0 spiro atoms. The van der Waals surface area contributed by atoms with Gasteiger partial charge in [0.15, 0.2) is 0 Å². The number of rotatable bonds is 8. The van der Waals surface area contributed by atoms with Gasteiger partial charge in [-0.05, 0) is 60.7 Å². The van der Waals surface area contributed by atoms with Crippen LogP contribution >= 0.6 is 0 Å². The van der Waals surface area contributed by atoms with Gasteiger partial charge in [-0.2, -0.15) is 0 Å². The van der Waals surface area contributed by atoms with E-state index in [0.29, 0.717) is 28.4 Å². The van der Waals surface area contributed by atoms with Gasteiger partial charge in [-0.25, -0.2) is 9.37 Å². The first kappa shape index (κ1) is 20.2. The molecule has 150 valence electrons. The van der Waals surface area contributed by atoms with E-state index in [1.54, 1.807) is 30.3 Å². The molecule has 2 aromatic carbocycles. The van der Waals surface area contributed by atoms with Crippen molar-refractivity contribution in [1.82, 2.24) is 4.98 Å². The van der Waals surface area contributed by atoms with Crippen molar-refractivity contribution in [3.63, 3.8) is 0 Å². The quantitative estimate of drug-likeness (QED) is 0.464. The summed E-state index contributed by atoms with van der Waals surface area (Å²) in [6.45, 7) is -0.565. The molecule has 3 aromatic rings. The highest BCUT2D eigenvalue weighted by molar-refractivity contribution is 5.92. The zero-order valence-electron chi connectivity index (χ0n) is 15.4. The smallest absolute Gasteiger partial charge is 0.267 e. The number of benzene rings is 2. The summed E-state index contributed by atoms with van der Waals surface area (Å²) in [7, 11) is 0. The Balaban J connectivity index is 1.85. The second-order valence-electron chi connectivity index (χ2n) is 6.28. The number of halogens is 1. The van der Waals surface area contributed by atoms with Gasteiger partial charge >= 0.3 is 0 Å². The molecule has 0 unspecified atom stereocenters. The molecule has 7 nitrogen and oxygen atoms in total. The van der Waals surface area contributed by atoms with E-state index in [0.717, 1.165) is 0 Å². The van der Waals surface area contributed by atoms with Gasteiger partial charge in [0.25, 0.3) is 5.91 Å². The van der Waals surface area contributed by atoms with Crippen LogP contribution in [-0.2, 0) is 0 Å². The molecule has 29 heavy (non-hydrogen) atoms. The Kier molecular flexibility index (Phi) is 6.38. The fourth-order valence-corrected chi connectivity index (χ4v) is 2.61. The average Bonchev–Trinajstić information content (AvgIpc) is 2.74. The number of aromatic nitrogens is 1. The number of carbonyl (C=O) groups excluding carboxylic acids is 1. The van der Waals surface area contributed by atoms with Crippen LogP contribution < -0.4 is 15.8 Å². The summed E-state index contributed by atoms with van der Waals surface area (Å²) in [6.07, 6.45) is 0. The van der Waals surface area contributed by atoms with E-state index >= 15 is 0 Å². The summed E-state index contributed by atoms with van der Waals surface area (Å²) in [4.78, 5) is 15.9. The lowest BCUT2D eigenvalue weighted by atomic mass is 10.1. The Morgan fingerprint density at radius 3 is 2.17 bits per heavy atom. The zero-order valence-corrected chi connectivity index (χ0v) is 15.4. The number of nitrogens with zero attached hydrogens (tertiary/aromatic N) is 1. The minimum absolute atomic E-state index is 0.0475. The molecule has 0 saturated carbocycles. The lowest BCUT2D eigenvalue weighted by molar-refractivity contribution is 0.0995. The summed E-state index contributed by atoms with van der Waals surface area (Å²) in [5.41, 5.74) is 7.09. The van der Waals surface area contributed by atoms with Crippen molar-refractivity contribution in [2.75, 3.05) is 18.5 Å². The van der Waals surface area contributed by atoms with Crippen molar-refractivity contribution >= 4 is 11.6 Å². The summed E-state index contributed by atoms with van der Waals surface area (Å²) in [6, 6.07) is 15.2. The molecule has 0 bridgehead atoms. The van der Waals surface area contributed by atoms with Crippen molar-refractivity contribution < 1.29 is 24.1 Å². The molecular formula is C21H20FN3O4. The summed E-state index contributed by atoms with van der Waals surface area (Å²) in [5.74, 6) is 0.00166. The molecule has 0 radical (unpaired) electrons. The normalized spacial score (nSPS) is 10.8. The first-order chi connectivity index (χ1) is 14.0. The number of nitrogens with two attached hydrogens (primary N) is 1. The van der Waals surface area contributed by atoms with Crippen LogP contribution in [0.2, 0.25) is 0 Å². The van der Waals surface area contributed by atoms with Crippen molar-refractivity contribution in [1.29, 1.82) is 0 Å². The molecule has 0 fully saturated rings. The van der Waals surface area contributed by atoms with Crippen LogP contribution in [0.4, 0.5) is 10.1 Å². The molecule has 1 aromatic heterocycles. The minimum atomic E-state index is -0.698. The highest BCUT2D eigenvalue weighted by atomic mass is 19.1. The number of hydrogen-bond acceptors (Lipinski definition) is 6. The minimum Gasteiger partial charge on any atom is -0.457 e. The lowest BCUT2D eigenvalue weighted by Gasteiger charge is -2.16. The van der Waals surface area contributed by atoms with Crippen LogP contribution in [0.3, 0.4) is 0 Å². The predicted octanol–water partition coefficient (Wildman–Crippen LogP) is 2.54. The SMILES string of the molecule is NC(=O)c1cc(NC(CO)CO)cc(-c2ccc(Oc3ccc(F)cc3)cc2)n1. The number of anilines is 1. The highest BCUT2D eigenvalue weighted by Crippen LogP contribution is 2.27. The van der Waals surface area contributed by atoms with Crippen molar-refractivity contribution in [2.45, 2.75) is 6.04 Å². The summed E-state index contributed by atoms with van der Waals surface area (Å²) in [5, 5.41) is 21.4. The van der Waals surface area contributed by atoms with Gasteiger partial charge in [0.2, 0.25) is 0 Å². The van der Waals surface area contributed by atoms with E-state index in [1.165, 1.54) is 30.3 Å². The zero-order chi connectivity index (χ0) is 20.8. The van der Waals surface area contributed by atoms with Crippen molar-refractivity contribution in [3.05, 3.63) is 72.2 Å². The fraction of sp³-hybridized carbons (Fsp3) is 0.143. The van der Waals surface area contributed by atoms with Gasteiger partial charge in [0.05, 0.1) is 24.9 Å². The number of carbonyl (C=O) groups is 1. The molecule has 1 amide bonds. The van der Waals surface area contributed by atoms with E-state index in [9.17, 15) is 19.4 Å². The molecule has 0 aliphatic heterocycles. The Morgan fingerprint density at radius 2 is 1.62 bits per heavy atom. The van der Waals surface area contributed by atoms with Crippen molar-refractivity contribution in [2.24, 2.45) is 5.73 Å². The monoisotopic (exact) mass is 397 g/mol. The number of amides is 1. The number of ether oxygens (including phenoxy) is 1. The molecule has 3 rings (SSSR count). The van der Waals surface area contributed by atoms with Gasteiger partial charge < -0.3 is 26.0 Å². The molecule has 5 N–H and O–H groups in total. The third kappa shape index (κ3) is 5.28. The van der Waals surface area contributed by atoms with Crippen molar-refractivity contribution in [3.8, 4) is 22.8 Å². The van der Waals surface area contributed by atoms with Crippen LogP contribution in [-0.4, -0.2) is 40.4 Å². The van der Waals surface area contributed by atoms with E-state index in [2.05, 4.69) is 10.3 Å². The third-order valence-corrected chi connectivity index (χ3v) is 4.09. The van der Waals surface area contributed by atoms with Gasteiger partial charge in [0, 0.05) is 11.3 Å². The Hall–Kier alpha value is -3.49. The van der Waals surface area contributed by atoms with Gasteiger partial charge in [-0.1, -0.05) is 0 Å². The van der Waals surface area contributed by atoms with E-state index in [4.69, 9.17) is 10.5 Å². The third-order valence-electron chi connectivity index (χ3n) is 4.09. The van der Waals surface area contributed by atoms with Gasteiger partial charge in [0.1, 0.15) is 23.0 Å². The van der Waals surface area contributed by atoms with Gasteiger partial charge in [-0.3, -0.25) is 4.79 Å². The molecule has 8 heteroatoms. The van der Waals surface area contributed by atoms with Crippen LogP contribution in [0.25, 0.3) is 11.3 Å². The first-order valence-corrected chi connectivity index (χ1v) is 8.82. The molecule has 0 saturated heterocycles. The number of nitrogens with one attached hydrogen (secondary N) is 1. The fourth-order valence-electron chi connectivity index (χ4n) is 2.61. The van der Waals surface area contributed by atoms with E-state index < -0.39 is 11.9 Å².